The summed E-state index contributed by atoms with van der Waals surface area (Å²) in [4.78, 5) is 29.2. The molecule has 1 aliphatic heterocycles. The summed E-state index contributed by atoms with van der Waals surface area (Å²) in [5, 5.41) is 6.23. The van der Waals surface area contributed by atoms with Gasteiger partial charge in [0.2, 0.25) is 5.91 Å². The quantitative estimate of drug-likeness (QED) is 0.756. The van der Waals surface area contributed by atoms with Crippen LogP contribution < -0.4 is 10.6 Å². The van der Waals surface area contributed by atoms with Gasteiger partial charge in [0.1, 0.15) is 9.71 Å². The van der Waals surface area contributed by atoms with E-state index < -0.39 is 0 Å². The molecule has 5 nitrogen and oxygen atoms in total. The largest absolute Gasteiger partial charge is 0.342 e. The molecule has 1 aliphatic rings. The lowest BCUT2D eigenvalue weighted by Crippen LogP contribution is -2.28. The van der Waals surface area contributed by atoms with Crippen molar-refractivity contribution >= 4 is 39.1 Å². The Hall–Kier alpha value is -1.95. The predicted octanol–water partition coefficient (Wildman–Crippen LogP) is 1.60. The van der Waals surface area contributed by atoms with Crippen LogP contribution in [0.4, 0.5) is 5.69 Å². The first-order valence-corrected chi connectivity index (χ1v) is 6.36. The molecule has 3 rings (SSSR count). The first-order chi connectivity index (χ1) is 8.56. The number of nitrogens with zero attached hydrogens (tertiary/aromatic N) is 1. The highest BCUT2D eigenvalue weighted by Gasteiger charge is 2.25. The summed E-state index contributed by atoms with van der Waals surface area (Å²) in [6, 6.07) is 1.95. The maximum Gasteiger partial charge on any atom is 0.264 e. The number of pyridine rings is 1. The summed E-state index contributed by atoms with van der Waals surface area (Å²) < 4.78 is 0. The Morgan fingerprint density at radius 1 is 1.33 bits per heavy atom. The zero-order valence-electron chi connectivity index (χ0n) is 9.96. The smallest absolute Gasteiger partial charge is 0.264 e. The van der Waals surface area contributed by atoms with Gasteiger partial charge in [0.15, 0.2) is 0 Å². The van der Waals surface area contributed by atoms with Gasteiger partial charge in [-0.15, -0.1) is 11.3 Å². The molecule has 6 heteroatoms. The number of hydrogen-bond donors (Lipinski definition) is 2. The Labute approximate surface area is 107 Å². The van der Waals surface area contributed by atoms with Crippen LogP contribution in [0.15, 0.2) is 6.07 Å². The van der Waals surface area contributed by atoms with E-state index in [-0.39, 0.29) is 18.4 Å². The molecule has 3 heterocycles. The molecule has 92 valence electrons. The van der Waals surface area contributed by atoms with E-state index in [1.54, 1.807) is 0 Å². The van der Waals surface area contributed by atoms with Crippen LogP contribution in [0, 0.1) is 13.8 Å². The highest BCUT2D eigenvalue weighted by molar-refractivity contribution is 7.21. The van der Waals surface area contributed by atoms with Crippen molar-refractivity contribution in [2.45, 2.75) is 13.8 Å². The fraction of sp³-hybridized carbons (Fsp3) is 0.250. The molecule has 0 radical (unpaired) electrons. The molecule has 0 spiro atoms. The Bertz CT molecular complexity index is 690. The van der Waals surface area contributed by atoms with Crippen molar-refractivity contribution in [3.63, 3.8) is 0 Å². The molecule has 2 N–H and O–H groups in total. The van der Waals surface area contributed by atoms with E-state index in [1.165, 1.54) is 11.3 Å². The van der Waals surface area contributed by atoms with Crippen molar-refractivity contribution in [1.82, 2.24) is 10.3 Å². The van der Waals surface area contributed by atoms with E-state index in [0.29, 0.717) is 10.6 Å². The molecule has 2 aromatic rings. The number of aryl methyl sites for hydroxylation is 2. The number of carbonyl (C=O) groups is 2. The molecule has 0 atom stereocenters. The minimum absolute atomic E-state index is 0.0140. The van der Waals surface area contributed by atoms with Crippen molar-refractivity contribution < 1.29 is 9.59 Å². The number of carbonyl (C=O) groups excluding carboxylic acids is 2. The fourth-order valence-electron chi connectivity index (χ4n) is 2.15. The fourth-order valence-corrected chi connectivity index (χ4v) is 3.31. The van der Waals surface area contributed by atoms with Crippen molar-refractivity contribution in [3.8, 4) is 0 Å². The van der Waals surface area contributed by atoms with Crippen LogP contribution in [0.25, 0.3) is 10.2 Å². The van der Waals surface area contributed by atoms with Gasteiger partial charge in [-0.2, -0.15) is 0 Å². The molecular formula is C12H11N3O2S. The number of rotatable bonds is 0. The van der Waals surface area contributed by atoms with Crippen molar-refractivity contribution in [2.24, 2.45) is 0 Å². The van der Waals surface area contributed by atoms with Gasteiger partial charge in [-0.05, 0) is 25.5 Å². The lowest BCUT2D eigenvalue weighted by atomic mass is 10.1. The Kier molecular flexibility index (Phi) is 2.34. The monoisotopic (exact) mass is 261 g/mol. The molecule has 0 bridgehead atoms. The lowest BCUT2D eigenvalue weighted by Gasteiger charge is -2.03. The first-order valence-electron chi connectivity index (χ1n) is 5.55. The number of aromatic nitrogens is 1. The highest BCUT2D eigenvalue weighted by atomic mass is 32.1. The molecule has 2 aromatic heterocycles. The van der Waals surface area contributed by atoms with Crippen LogP contribution in [0.2, 0.25) is 0 Å². The van der Waals surface area contributed by atoms with Crippen molar-refractivity contribution in [2.75, 3.05) is 11.9 Å². The molecule has 18 heavy (non-hydrogen) atoms. The minimum Gasteiger partial charge on any atom is -0.342 e. The van der Waals surface area contributed by atoms with Crippen molar-refractivity contribution in [3.05, 3.63) is 22.2 Å². The summed E-state index contributed by atoms with van der Waals surface area (Å²) >= 11 is 1.31. The van der Waals surface area contributed by atoms with E-state index in [0.717, 1.165) is 21.5 Å². The minimum atomic E-state index is -0.219. The number of anilines is 1. The Balaban J connectivity index is 2.36. The molecule has 0 aliphatic carbocycles. The van der Waals surface area contributed by atoms with Crippen LogP contribution >= 0.6 is 11.3 Å². The summed E-state index contributed by atoms with van der Waals surface area (Å²) in [6.07, 6.45) is 0. The van der Waals surface area contributed by atoms with Crippen LogP contribution in [-0.4, -0.2) is 23.3 Å². The highest BCUT2D eigenvalue weighted by Crippen LogP contribution is 2.37. The molecule has 0 fully saturated rings. The van der Waals surface area contributed by atoms with Crippen LogP contribution in [0.1, 0.15) is 20.9 Å². The second kappa shape index (κ2) is 3.78. The van der Waals surface area contributed by atoms with E-state index >= 15 is 0 Å². The molecule has 0 unspecified atom stereocenters. The summed E-state index contributed by atoms with van der Waals surface area (Å²) in [6.45, 7) is 3.88. The van der Waals surface area contributed by atoms with Gasteiger partial charge in [0.05, 0.1) is 12.2 Å². The van der Waals surface area contributed by atoms with Crippen LogP contribution in [-0.2, 0) is 4.79 Å². The number of nitrogens with one attached hydrogen (secondary N) is 2. The molecule has 2 amide bonds. The average molecular weight is 261 g/mol. The second-order valence-corrected chi connectivity index (χ2v) is 5.30. The van der Waals surface area contributed by atoms with Gasteiger partial charge < -0.3 is 10.6 Å². The zero-order valence-corrected chi connectivity index (χ0v) is 10.8. The van der Waals surface area contributed by atoms with Gasteiger partial charge in [-0.1, -0.05) is 0 Å². The van der Waals surface area contributed by atoms with Gasteiger partial charge in [0, 0.05) is 11.1 Å². The lowest BCUT2D eigenvalue weighted by molar-refractivity contribution is -0.115. The normalized spacial score (nSPS) is 15.0. The SMILES string of the molecule is Cc1cc(C)c2c3c(sc2n1)C(=O)NCC(=O)N3. The third-order valence-electron chi connectivity index (χ3n) is 2.87. The average Bonchev–Trinajstić information content (AvgIpc) is 2.58. The Morgan fingerprint density at radius 3 is 2.89 bits per heavy atom. The van der Waals surface area contributed by atoms with Gasteiger partial charge in [-0.25, -0.2) is 4.98 Å². The third-order valence-corrected chi connectivity index (χ3v) is 3.95. The molecular weight excluding hydrogens is 250 g/mol. The Morgan fingerprint density at radius 2 is 2.11 bits per heavy atom. The number of fused-ring (bicyclic) bond motifs is 3. The van der Waals surface area contributed by atoms with E-state index in [2.05, 4.69) is 15.6 Å². The molecule has 0 saturated carbocycles. The van der Waals surface area contributed by atoms with E-state index in [9.17, 15) is 9.59 Å². The van der Waals surface area contributed by atoms with Gasteiger partial charge in [-0.3, -0.25) is 9.59 Å². The topological polar surface area (TPSA) is 71.1 Å². The van der Waals surface area contributed by atoms with Crippen LogP contribution in [0.5, 0.6) is 0 Å². The number of thiophene rings is 1. The second-order valence-electron chi connectivity index (χ2n) is 4.30. The standard InChI is InChI=1S/C12H11N3O2S/c1-5-3-6(2)14-12-8(5)9-10(18-12)11(17)13-4-7(16)15-9/h3H,4H2,1-2H3,(H,13,17)(H,15,16). The maximum absolute atomic E-state index is 11.9. The number of amides is 2. The van der Waals surface area contributed by atoms with Gasteiger partial charge >= 0.3 is 0 Å². The summed E-state index contributed by atoms with van der Waals surface area (Å²) in [5.74, 6) is -0.426. The third kappa shape index (κ3) is 1.57. The van der Waals surface area contributed by atoms with Crippen molar-refractivity contribution in [1.29, 1.82) is 0 Å². The summed E-state index contributed by atoms with van der Waals surface area (Å²) in [7, 11) is 0. The number of hydrogen-bond acceptors (Lipinski definition) is 4. The van der Waals surface area contributed by atoms with E-state index in [4.69, 9.17) is 0 Å². The first kappa shape index (κ1) is 11.2. The summed E-state index contributed by atoms with van der Waals surface area (Å²) in [5.41, 5.74) is 2.52. The van der Waals surface area contributed by atoms with Crippen LogP contribution in [0.3, 0.4) is 0 Å². The maximum atomic E-state index is 11.9. The van der Waals surface area contributed by atoms with Gasteiger partial charge in [0.25, 0.3) is 5.91 Å². The molecule has 0 aromatic carbocycles. The van der Waals surface area contributed by atoms with E-state index in [1.807, 2.05) is 19.9 Å². The predicted molar refractivity (Wildman–Crippen MR) is 70.1 cm³/mol. The zero-order chi connectivity index (χ0) is 12.9. The molecule has 0 saturated heterocycles.